The second-order valence-electron chi connectivity index (χ2n) is 4.92. The normalized spacial score (nSPS) is 12.5. The van der Waals surface area contributed by atoms with E-state index in [1.807, 2.05) is 0 Å². The van der Waals surface area contributed by atoms with Gasteiger partial charge in [0.25, 0.3) is 5.91 Å². The third kappa shape index (κ3) is 5.24. The van der Waals surface area contributed by atoms with Crippen LogP contribution >= 0.6 is 0 Å². The molecule has 1 unspecified atom stereocenters. The van der Waals surface area contributed by atoms with Crippen molar-refractivity contribution in [3.63, 3.8) is 0 Å². The van der Waals surface area contributed by atoms with Gasteiger partial charge in [-0.25, -0.2) is 0 Å². The largest absolute Gasteiger partial charge is 0.491 e. The first-order valence-electron chi connectivity index (χ1n) is 7.03. The molecule has 8 heteroatoms. The van der Waals surface area contributed by atoms with Gasteiger partial charge in [-0.15, -0.1) is 0 Å². The predicted octanol–water partition coefficient (Wildman–Crippen LogP) is 2.27. The highest BCUT2D eigenvalue weighted by Crippen LogP contribution is 2.31. The Labute approximate surface area is 136 Å². The van der Waals surface area contributed by atoms with Crippen LogP contribution in [0, 0.1) is 0 Å². The zero-order valence-electron chi connectivity index (χ0n) is 12.5. The first-order chi connectivity index (χ1) is 11.4. The molecule has 2 rings (SSSR count). The molecule has 1 amide bonds. The molecule has 0 spiro atoms. The summed E-state index contributed by atoms with van der Waals surface area (Å²) < 4.78 is 42.9. The molecular weight excluding hydrogens is 325 g/mol. The number of pyridine rings is 1. The monoisotopic (exact) mass is 340 g/mol. The number of nitrogens with zero attached hydrogens (tertiary/aromatic N) is 1. The standard InChI is InChI=1S/C16H15F3N2O3/c17-16(18,19)11-4-3-5-13(8-11)24-10-12(22)9-21-15(23)14-6-1-2-7-20-14/h1-8,12,22H,9-10H2,(H,21,23). The smallest absolute Gasteiger partial charge is 0.416 e. The number of halogens is 3. The van der Waals surface area contributed by atoms with Crippen LogP contribution in [0.4, 0.5) is 13.2 Å². The maximum atomic E-state index is 12.6. The fourth-order valence-electron chi connectivity index (χ4n) is 1.81. The zero-order valence-corrected chi connectivity index (χ0v) is 12.5. The lowest BCUT2D eigenvalue weighted by Gasteiger charge is -2.14. The molecule has 0 saturated carbocycles. The van der Waals surface area contributed by atoms with Crippen LogP contribution in [0.25, 0.3) is 0 Å². The summed E-state index contributed by atoms with van der Waals surface area (Å²) in [5.74, 6) is -0.478. The van der Waals surface area contributed by atoms with E-state index in [1.165, 1.54) is 24.4 Å². The number of carbonyl (C=O) groups excluding carboxylic acids is 1. The highest BCUT2D eigenvalue weighted by atomic mass is 19.4. The Bertz CT molecular complexity index is 678. The van der Waals surface area contributed by atoms with Crippen LogP contribution in [0.1, 0.15) is 16.1 Å². The van der Waals surface area contributed by atoms with Crippen molar-refractivity contribution in [3.05, 3.63) is 59.9 Å². The van der Waals surface area contributed by atoms with Gasteiger partial charge in [0.1, 0.15) is 24.2 Å². The van der Waals surface area contributed by atoms with Crippen molar-refractivity contribution in [1.29, 1.82) is 0 Å². The minimum Gasteiger partial charge on any atom is -0.491 e. The van der Waals surface area contributed by atoms with E-state index in [2.05, 4.69) is 10.3 Å². The molecule has 1 aromatic heterocycles. The van der Waals surface area contributed by atoms with E-state index in [0.29, 0.717) is 0 Å². The van der Waals surface area contributed by atoms with Crippen LogP contribution in [0.2, 0.25) is 0 Å². The van der Waals surface area contributed by atoms with Crippen LogP contribution in [0.3, 0.4) is 0 Å². The topological polar surface area (TPSA) is 71.5 Å². The van der Waals surface area contributed by atoms with Crippen molar-refractivity contribution in [2.45, 2.75) is 12.3 Å². The number of carbonyl (C=O) groups is 1. The number of aliphatic hydroxyl groups excluding tert-OH is 1. The number of aromatic nitrogens is 1. The summed E-state index contributed by atoms with van der Waals surface area (Å²) in [6.45, 7) is -0.377. The van der Waals surface area contributed by atoms with Gasteiger partial charge in [-0.2, -0.15) is 13.2 Å². The SMILES string of the molecule is O=C(NCC(O)COc1cccc(C(F)(F)F)c1)c1ccccn1. The van der Waals surface area contributed by atoms with E-state index in [-0.39, 0.29) is 24.6 Å². The molecule has 0 fully saturated rings. The molecule has 24 heavy (non-hydrogen) atoms. The fourth-order valence-corrected chi connectivity index (χ4v) is 1.81. The lowest BCUT2D eigenvalue weighted by molar-refractivity contribution is -0.137. The third-order valence-corrected chi connectivity index (χ3v) is 3.00. The van der Waals surface area contributed by atoms with Gasteiger partial charge in [-0.3, -0.25) is 9.78 Å². The van der Waals surface area contributed by atoms with Crippen molar-refractivity contribution in [3.8, 4) is 5.75 Å². The summed E-state index contributed by atoms with van der Waals surface area (Å²) in [6, 6.07) is 9.17. The first-order valence-corrected chi connectivity index (χ1v) is 7.03. The lowest BCUT2D eigenvalue weighted by Crippen LogP contribution is -2.35. The molecule has 128 valence electrons. The molecule has 0 aliphatic rings. The van der Waals surface area contributed by atoms with Crippen molar-refractivity contribution >= 4 is 5.91 Å². The van der Waals surface area contributed by atoms with Gasteiger partial charge in [-0.05, 0) is 30.3 Å². The number of aliphatic hydroxyl groups is 1. The number of amides is 1. The Kier molecular flexibility index (Phi) is 5.75. The summed E-state index contributed by atoms with van der Waals surface area (Å²) in [6.07, 6.45) is -4.08. The number of ether oxygens (including phenoxy) is 1. The predicted molar refractivity (Wildman–Crippen MR) is 79.5 cm³/mol. The van der Waals surface area contributed by atoms with Gasteiger partial charge in [0.05, 0.1) is 5.56 Å². The van der Waals surface area contributed by atoms with E-state index in [9.17, 15) is 23.1 Å². The van der Waals surface area contributed by atoms with Crippen molar-refractivity contribution < 1.29 is 27.8 Å². The van der Waals surface area contributed by atoms with Crippen LogP contribution in [0.5, 0.6) is 5.75 Å². The second-order valence-corrected chi connectivity index (χ2v) is 4.92. The average molecular weight is 340 g/mol. The van der Waals surface area contributed by atoms with Crippen LogP contribution in [-0.4, -0.2) is 35.3 Å². The Morgan fingerprint density at radius 3 is 2.71 bits per heavy atom. The molecule has 2 aromatic rings. The summed E-state index contributed by atoms with van der Waals surface area (Å²) >= 11 is 0. The molecule has 0 saturated heterocycles. The van der Waals surface area contributed by atoms with Gasteiger partial charge < -0.3 is 15.2 Å². The van der Waals surface area contributed by atoms with Crippen LogP contribution in [-0.2, 0) is 6.18 Å². The number of hydrogen-bond donors (Lipinski definition) is 2. The van der Waals surface area contributed by atoms with Gasteiger partial charge in [-0.1, -0.05) is 12.1 Å². The Morgan fingerprint density at radius 2 is 2.04 bits per heavy atom. The van der Waals surface area contributed by atoms with E-state index in [0.717, 1.165) is 12.1 Å². The van der Waals surface area contributed by atoms with Crippen LogP contribution < -0.4 is 10.1 Å². The second kappa shape index (κ2) is 7.78. The molecule has 0 aliphatic carbocycles. The minimum absolute atomic E-state index is 0.0140. The molecule has 0 aliphatic heterocycles. The fraction of sp³-hybridized carbons (Fsp3) is 0.250. The van der Waals surface area contributed by atoms with Gasteiger partial charge in [0.15, 0.2) is 0 Å². The maximum Gasteiger partial charge on any atom is 0.416 e. The lowest BCUT2D eigenvalue weighted by atomic mass is 10.2. The summed E-state index contributed by atoms with van der Waals surface area (Å²) in [4.78, 5) is 15.6. The summed E-state index contributed by atoms with van der Waals surface area (Å²) in [5, 5.41) is 12.2. The van der Waals surface area contributed by atoms with Crippen molar-refractivity contribution in [2.24, 2.45) is 0 Å². The van der Waals surface area contributed by atoms with Crippen LogP contribution in [0.15, 0.2) is 48.7 Å². The van der Waals surface area contributed by atoms with Crippen molar-refractivity contribution in [1.82, 2.24) is 10.3 Å². The number of nitrogens with one attached hydrogen (secondary N) is 1. The number of hydrogen-bond acceptors (Lipinski definition) is 4. The highest BCUT2D eigenvalue weighted by Gasteiger charge is 2.30. The molecule has 5 nitrogen and oxygen atoms in total. The zero-order chi connectivity index (χ0) is 17.6. The van der Waals surface area contributed by atoms with Gasteiger partial charge >= 0.3 is 6.18 Å². The molecule has 1 aromatic carbocycles. The first kappa shape index (κ1) is 17.7. The molecular formula is C16H15F3N2O3. The van der Waals surface area contributed by atoms with Gasteiger partial charge in [0, 0.05) is 12.7 Å². The highest BCUT2D eigenvalue weighted by molar-refractivity contribution is 5.92. The molecule has 1 heterocycles. The van der Waals surface area contributed by atoms with E-state index >= 15 is 0 Å². The Morgan fingerprint density at radius 1 is 1.25 bits per heavy atom. The number of alkyl halides is 3. The summed E-state index contributed by atoms with van der Waals surface area (Å²) in [5.41, 5.74) is -0.638. The maximum absolute atomic E-state index is 12.6. The Balaban J connectivity index is 1.81. The van der Waals surface area contributed by atoms with E-state index in [1.54, 1.807) is 12.1 Å². The summed E-state index contributed by atoms with van der Waals surface area (Å²) in [7, 11) is 0. The molecule has 0 radical (unpaired) electrons. The van der Waals surface area contributed by atoms with E-state index in [4.69, 9.17) is 4.74 Å². The quantitative estimate of drug-likeness (QED) is 0.846. The van der Waals surface area contributed by atoms with E-state index < -0.39 is 23.8 Å². The third-order valence-electron chi connectivity index (χ3n) is 3.00. The molecule has 2 N–H and O–H groups in total. The van der Waals surface area contributed by atoms with Crippen molar-refractivity contribution in [2.75, 3.05) is 13.2 Å². The minimum atomic E-state index is -4.46. The molecule has 1 atom stereocenters. The Hall–Kier alpha value is -2.61. The number of benzene rings is 1. The number of rotatable bonds is 6. The molecule has 0 bridgehead atoms. The average Bonchev–Trinajstić information content (AvgIpc) is 2.58. The van der Waals surface area contributed by atoms with Gasteiger partial charge in [0.2, 0.25) is 0 Å².